The summed E-state index contributed by atoms with van der Waals surface area (Å²) in [7, 11) is -3.66. The van der Waals surface area contributed by atoms with Gasteiger partial charge in [-0.3, -0.25) is 0 Å². The number of sulfonamides is 1. The Morgan fingerprint density at radius 3 is 2.57 bits per heavy atom. The highest BCUT2D eigenvalue weighted by molar-refractivity contribution is 7.89. The molecule has 0 fully saturated rings. The summed E-state index contributed by atoms with van der Waals surface area (Å²) < 4.78 is 27.5. The predicted molar refractivity (Wildman–Crippen MR) is 86.7 cm³/mol. The van der Waals surface area contributed by atoms with Crippen LogP contribution in [0.15, 0.2) is 23.1 Å². The van der Waals surface area contributed by atoms with Gasteiger partial charge in [-0.05, 0) is 38.5 Å². The van der Waals surface area contributed by atoms with Gasteiger partial charge in [-0.2, -0.15) is 0 Å². The van der Waals surface area contributed by atoms with E-state index in [1.54, 1.807) is 6.07 Å². The van der Waals surface area contributed by atoms with Gasteiger partial charge in [-0.15, -0.1) is 0 Å². The van der Waals surface area contributed by atoms with E-state index in [0.29, 0.717) is 5.56 Å². The quantitative estimate of drug-likeness (QED) is 0.816. The highest BCUT2D eigenvalue weighted by atomic mass is 35.5. The van der Waals surface area contributed by atoms with Gasteiger partial charge in [0.25, 0.3) is 0 Å². The predicted octanol–water partition coefficient (Wildman–Crippen LogP) is 2.51. The lowest BCUT2D eigenvalue weighted by Gasteiger charge is -2.25. The fraction of sp³-hybridized carbons (Fsp3) is 0.467. The highest BCUT2D eigenvalue weighted by Crippen LogP contribution is 2.24. The first-order valence-corrected chi connectivity index (χ1v) is 8.60. The molecule has 1 aromatic carbocycles. The molecule has 1 aromatic rings. The fourth-order valence-corrected chi connectivity index (χ4v) is 4.03. The van der Waals surface area contributed by atoms with Crippen molar-refractivity contribution in [3.05, 3.63) is 28.8 Å². The lowest BCUT2D eigenvalue weighted by atomic mass is 10.0. The van der Waals surface area contributed by atoms with Crippen LogP contribution in [0.1, 0.15) is 39.2 Å². The fourth-order valence-electron chi connectivity index (χ4n) is 2.04. The summed E-state index contributed by atoms with van der Waals surface area (Å²) in [4.78, 5) is 0.0617. The zero-order valence-electron chi connectivity index (χ0n) is 12.5. The Morgan fingerprint density at radius 1 is 1.38 bits per heavy atom. The van der Waals surface area contributed by atoms with Crippen LogP contribution in [-0.4, -0.2) is 20.5 Å². The Morgan fingerprint density at radius 2 is 2.05 bits per heavy atom. The van der Waals surface area contributed by atoms with E-state index in [9.17, 15) is 8.42 Å². The van der Waals surface area contributed by atoms with Gasteiger partial charge in [0.1, 0.15) is 4.90 Å². The van der Waals surface area contributed by atoms with Crippen LogP contribution >= 0.6 is 11.6 Å². The molecule has 0 radical (unpaired) electrons. The molecule has 0 saturated heterocycles. The van der Waals surface area contributed by atoms with Crippen LogP contribution in [0.25, 0.3) is 0 Å². The van der Waals surface area contributed by atoms with Crippen LogP contribution in [0.2, 0.25) is 5.02 Å². The minimum atomic E-state index is -3.66. The Bertz CT molecular complexity index is 658. The molecule has 0 amide bonds. The molecule has 6 heteroatoms. The first-order chi connectivity index (χ1) is 9.72. The van der Waals surface area contributed by atoms with E-state index in [1.165, 1.54) is 12.1 Å². The second-order valence-electron chi connectivity index (χ2n) is 5.39. The maximum atomic E-state index is 12.4. The molecule has 0 aliphatic heterocycles. The molecule has 21 heavy (non-hydrogen) atoms. The van der Waals surface area contributed by atoms with Crippen LogP contribution in [-0.2, 0) is 10.0 Å². The largest absolute Gasteiger partial charge is 0.320 e. The average molecular weight is 329 g/mol. The van der Waals surface area contributed by atoms with Crippen molar-refractivity contribution in [1.29, 1.82) is 0 Å². The first kappa shape index (κ1) is 18.0. The number of nitrogens with one attached hydrogen (secondary N) is 1. The van der Waals surface area contributed by atoms with Gasteiger partial charge in [0.15, 0.2) is 0 Å². The van der Waals surface area contributed by atoms with Crippen molar-refractivity contribution in [1.82, 2.24) is 4.72 Å². The van der Waals surface area contributed by atoms with Crippen molar-refractivity contribution in [2.45, 2.75) is 44.0 Å². The average Bonchev–Trinajstić information content (AvgIpc) is 2.34. The Labute approximate surface area is 132 Å². The van der Waals surface area contributed by atoms with Crippen molar-refractivity contribution in [3.63, 3.8) is 0 Å². The molecule has 0 aliphatic rings. The number of hydrogen-bond acceptors (Lipinski definition) is 3. The van der Waals surface area contributed by atoms with Gasteiger partial charge in [0.2, 0.25) is 10.0 Å². The number of rotatable bonds is 5. The molecule has 0 spiro atoms. The van der Waals surface area contributed by atoms with Gasteiger partial charge in [0.05, 0.1) is 11.6 Å². The first-order valence-electron chi connectivity index (χ1n) is 6.74. The molecule has 0 heterocycles. The zero-order valence-corrected chi connectivity index (χ0v) is 14.1. The van der Waals surface area contributed by atoms with Crippen molar-refractivity contribution < 1.29 is 8.42 Å². The molecule has 0 bridgehead atoms. The van der Waals surface area contributed by atoms with Crippen LogP contribution < -0.4 is 10.5 Å². The molecule has 0 aliphatic carbocycles. The smallest absolute Gasteiger partial charge is 0.242 e. The Kier molecular flexibility index (Phi) is 6.24. The lowest BCUT2D eigenvalue weighted by molar-refractivity contribution is 0.418. The lowest BCUT2D eigenvalue weighted by Crippen LogP contribution is -2.43. The summed E-state index contributed by atoms with van der Waals surface area (Å²) >= 11 is 6.08. The van der Waals surface area contributed by atoms with Crippen LogP contribution in [0.4, 0.5) is 0 Å². The van der Waals surface area contributed by atoms with Gasteiger partial charge < -0.3 is 5.73 Å². The number of halogens is 1. The summed E-state index contributed by atoms with van der Waals surface area (Å²) in [6.07, 6.45) is 1.63. The molecule has 116 valence electrons. The van der Waals surface area contributed by atoms with Crippen molar-refractivity contribution in [2.75, 3.05) is 6.54 Å². The normalized spacial score (nSPS) is 11.9. The summed E-state index contributed by atoms with van der Waals surface area (Å²) in [5.74, 6) is 5.52. The van der Waals surface area contributed by atoms with E-state index in [1.807, 2.05) is 20.8 Å². The van der Waals surface area contributed by atoms with E-state index in [4.69, 9.17) is 17.3 Å². The monoisotopic (exact) mass is 328 g/mol. The number of nitrogens with two attached hydrogens (primary N) is 1. The Balaban J connectivity index is 3.10. The second-order valence-corrected chi connectivity index (χ2v) is 7.45. The molecule has 0 unspecified atom stereocenters. The standard InChI is InChI=1S/C15H21ClN2O2S/c1-4-9-15(2,3)18-21(19,20)14-8-7-12(6-5-10-17)11-13(14)16/h7-8,11,18H,4,9-10,17H2,1-3H3. The molecular weight excluding hydrogens is 308 g/mol. The molecule has 0 atom stereocenters. The maximum Gasteiger partial charge on any atom is 0.242 e. The summed E-state index contributed by atoms with van der Waals surface area (Å²) in [5, 5.41) is 0.151. The minimum Gasteiger partial charge on any atom is -0.320 e. The van der Waals surface area contributed by atoms with Crippen LogP contribution in [0.5, 0.6) is 0 Å². The third kappa shape index (κ3) is 5.33. The topological polar surface area (TPSA) is 72.2 Å². The second kappa shape index (κ2) is 7.28. The van der Waals surface area contributed by atoms with E-state index in [2.05, 4.69) is 16.6 Å². The van der Waals surface area contributed by atoms with Crippen LogP contribution in [0.3, 0.4) is 0 Å². The summed E-state index contributed by atoms with van der Waals surface area (Å²) in [6.45, 7) is 5.95. The molecule has 3 N–H and O–H groups in total. The minimum absolute atomic E-state index is 0.0617. The van der Waals surface area contributed by atoms with Crippen molar-refractivity contribution in [2.24, 2.45) is 5.73 Å². The third-order valence-corrected chi connectivity index (χ3v) is 5.02. The number of hydrogen-bond donors (Lipinski definition) is 2. The van der Waals surface area contributed by atoms with E-state index in [-0.39, 0.29) is 16.5 Å². The van der Waals surface area contributed by atoms with Gasteiger partial charge in [-0.1, -0.05) is 36.8 Å². The molecule has 0 aromatic heterocycles. The van der Waals surface area contributed by atoms with Gasteiger partial charge in [0, 0.05) is 11.1 Å². The molecule has 0 saturated carbocycles. The van der Waals surface area contributed by atoms with Gasteiger partial charge in [-0.25, -0.2) is 13.1 Å². The summed E-state index contributed by atoms with van der Waals surface area (Å²) in [5.41, 5.74) is 5.42. The SMILES string of the molecule is CCCC(C)(C)NS(=O)(=O)c1ccc(C#CCN)cc1Cl. The highest BCUT2D eigenvalue weighted by Gasteiger charge is 2.27. The zero-order chi connectivity index (χ0) is 16.1. The Hall–Kier alpha value is -1.06. The molecule has 1 rings (SSSR count). The van der Waals surface area contributed by atoms with Crippen LogP contribution in [0, 0.1) is 11.8 Å². The molecule has 4 nitrogen and oxygen atoms in total. The van der Waals surface area contributed by atoms with E-state index in [0.717, 1.165) is 12.8 Å². The van der Waals surface area contributed by atoms with Crippen molar-refractivity contribution in [3.8, 4) is 11.8 Å². The number of benzene rings is 1. The van der Waals surface area contributed by atoms with E-state index < -0.39 is 15.6 Å². The summed E-state index contributed by atoms with van der Waals surface area (Å²) in [6, 6.07) is 4.62. The third-order valence-electron chi connectivity index (χ3n) is 2.84. The van der Waals surface area contributed by atoms with Gasteiger partial charge >= 0.3 is 0 Å². The molecular formula is C15H21ClN2O2S. The maximum absolute atomic E-state index is 12.4. The van der Waals surface area contributed by atoms with E-state index >= 15 is 0 Å². The van der Waals surface area contributed by atoms with Crippen molar-refractivity contribution >= 4 is 21.6 Å².